The Morgan fingerprint density at radius 2 is 2.14 bits per heavy atom. The fourth-order valence-electron chi connectivity index (χ4n) is 2.07. The average molecular weight is 287 g/mol. The van der Waals surface area contributed by atoms with Crippen LogP contribution >= 0.6 is 0 Å². The lowest BCUT2D eigenvalue weighted by molar-refractivity contribution is 0.0935. The Morgan fingerprint density at radius 1 is 1.38 bits per heavy atom. The van der Waals surface area contributed by atoms with Crippen molar-refractivity contribution in [3.05, 3.63) is 47.0 Å². The number of aryl methyl sites for hydroxylation is 2. The van der Waals surface area contributed by atoms with Gasteiger partial charge in [0.2, 0.25) is 0 Å². The predicted octanol–water partition coefficient (Wildman–Crippen LogP) is 3.08. The van der Waals surface area contributed by atoms with Gasteiger partial charge >= 0.3 is 0 Å². The maximum absolute atomic E-state index is 12.4. The van der Waals surface area contributed by atoms with E-state index in [1.807, 2.05) is 39.0 Å². The second kappa shape index (κ2) is 6.43. The summed E-state index contributed by atoms with van der Waals surface area (Å²) in [5.41, 5.74) is 1.48. The van der Waals surface area contributed by atoms with Gasteiger partial charge in [0.15, 0.2) is 0 Å². The van der Waals surface area contributed by atoms with Crippen LogP contribution in [0, 0.1) is 6.92 Å². The molecular formula is C16H21N3O2. The van der Waals surface area contributed by atoms with Crippen molar-refractivity contribution in [3.63, 3.8) is 0 Å². The Hall–Kier alpha value is -2.30. The molecule has 0 saturated carbocycles. The molecule has 0 bridgehead atoms. The lowest BCUT2D eigenvalue weighted by Crippen LogP contribution is -2.26. The predicted molar refractivity (Wildman–Crippen MR) is 82.5 cm³/mol. The van der Waals surface area contributed by atoms with E-state index in [2.05, 4.69) is 15.6 Å². The molecule has 5 heteroatoms. The summed E-state index contributed by atoms with van der Waals surface area (Å²) in [6, 6.07) is 7.15. The highest BCUT2D eigenvalue weighted by molar-refractivity contribution is 5.95. The number of aromatic nitrogens is 1. The fraction of sp³-hybridized carbons (Fsp3) is 0.375. The lowest BCUT2D eigenvalue weighted by atomic mass is 10.1. The monoisotopic (exact) mass is 287 g/mol. The van der Waals surface area contributed by atoms with Crippen molar-refractivity contribution in [3.8, 4) is 0 Å². The van der Waals surface area contributed by atoms with Crippen molar-refractivity contribution in [2.24, 2.45) is 0 Å². The number of furan rings is 1. The van der Waals surface area contributed by atoms with Crippen LogP contribution in [0.4, 0.5) is 5.82 Å². The number of amides is 1. The molecule has 21 heavy (non-hydrogen) atoms. The molecule has 1 atom stereocenters. The highest BCUT2D eigenvalue weighted by Gasteiger charge is 2.15. The lowest BCUT2D eigenvalue weighted by Gasteiger charge is -2.13. The van der Waals surface area contributed by atoms with Crippen LogP contribution in [0.25, 0.3) is 0 Å². The van der Waals surface area contributed by atoms with Crippen LogP contribution in [-0.4, -0.2) is 17.9 Å². The first-order valence-electron chi connectivity index (χ1n) is 7.09. The van der Waals surface area contributed by atoms with Crippen LogP contribution in [0.3, 0.4) is 0 Å². The molecule has 0 aliphatic heterocycles. The molecule has 2 heterocycles. The summed E-state index contributed by atoms with van der Waals surface area (Å²) in [4.78, 5) is 16.7. The molecule has 2 aromatic heterocycles. The van der Waals surface area contributed by atoms with Crippen LogP contribution in [0.1, 0.15) is 47.5 Å². The van der Waals surface area contributed by atoms with E-state index in [4.69, 9.17) is 4.42 Å². The number of anilines is 1. The summed E-state index contributed by atoms with van der Waals surface area (Å²) in [6.45, 7) is 5.79. The summed E-state index contributed by atoms with van der Waals surface area (Å²) in [7, 11) is 1.79. The summed E-state index contributed by atoms with van der Waals surface area (Å²) < 4.78 is 5.53. The van der Waals surface area contributed by atoms with Crippen LogP contribution in [0.2, 0.25) is 0 Å². The summed E-state index contributed by atoms with van der Waals surface area (Å²) in [5, 5.41) is 5.92. The highest BCUT2D eigenvalue weighted by atomic mass is 16.3. The SMILES string of the molecule is CCc1cc(C(=O)NC(C)c2ccc(C)o2)cc(NC)n1. The molecule has 0 aliphatic rings. The fourth-order valence-corrected chi connectivity index (χ4v) is 2.07. The Bertz CT molecular complexity index is 612. The van der Waals surface area contributed by atoms with E-state index in [0.29, 0.717) is 11.4 Å². The Balaban J connectivity index is 2.16. The smallest absolute Gasteiger partial charge is 0.252 e. The maximum atomic E-state index is 12.4. The van der Waals surface area contributed by atoms with Crippen LogP contribution < -0.4 is 10.6 Å². The Labute approximate surface area is 124 Å². The minimum Gasteiger partial charge on any atom is -0.464 e. The van der Waals surface area contributed by atoms with E-state index in [0.717, 1.165) is 23.6 Å². The third-order valence-corrected chi connectivity index (χ3v) is 3.29. The molecule has 5 nitrogen and oxygen atoms in total. The van der Waals surface area contributed by atoms with E-state index in [1.54, 1.807) is 13.1 Å². The zero-order valence-corrected chi connectivity index (χ0v) is 12.9. The number of pyridine rings is 1. The minimum absolute atomic E-state index is 0.134. The molecular weight excluding hydrogens is 266 g/mol. The highest BCUT2D eigenvalue weighted by Crippen LogP contribution is 2.17. The van der Waals surface area contributed by atoms with E-state index < -0.39 is 0 Å². The van der Waals surface area contributed by atoms with E-state index in [1.165, 1.54) is 0 Å². The number of carbonyl (C=O) groups is 1. The molecule has 0 radical (unpaired) electrons. The first-order chi connectivity index (χ1) is 10.0. The largest absolute Gasteiger partial charge is 0.464 e. The van der Waals surface area contributed by atoms with Gasteiger partial charge in [-0.3, -0.25) is 4.79 Å². The van der Waals surface area contributed by atoms with Crippen LogP contribution in [-0.2, 0) is 6.42 Å². The average Bonchev–Trinajstić information content (AvgIpc) is 2.93. The van der Waals surface area contributed by atoms with Crippen molar-refractivity contribution >= 4 is 11.7 Å². The van der Waals surface area contributed by atoms with Crippen molar-refractivity contribution in [1.82, 2.24) is 10.3 Å². The number of nitrogens with one attached hydrogen (secondary N) is 2. The van der Waals surface area contributed by atoms with Gasteiger partial charge in [0.1, 0.15) is 17.3 Å². The van der Waals surface area contributed by atoms with E-state index >= 15 is 0 Å². The van der Waals surface area contributed by atoms with Gasteiger partial charge in [-0.15, -0.1) is 0 Å². The van der Waals surface area contributed by atoms with E-state index in [-0.39, 0.29) is 11.9 Å². The number of carbonyl (C=O) groups excluding carboxylic acids is 1. The van der Waals surface area contributed by atoms with Gasteiger partial charge in [0, 0.05) is 18.3 Å². The van der Waals surface area contributed by atoms with Crippen LogP contribution in [0.5, 0.6) is 0 Å². The minimum atomic E-state index is -0.178. The molecule has 2 rings (SSSR count). The Morgan fingerprint density at radius 3 is 2.71 bits per heavy atom. The molecule has 1 amide bonds. The first kappa shape index (κ1) is 15.1. The van der Waals surface area contributed by atoms with Gasteiger partial charge in [0.25, 0.3) is 5.91 Å². The van der Waals surface area contributed by atoms with Gasteiger partial charge in [-0.25, -0.2) is 4.98 Å². The van der Waals surface area contributed by atoms with Crippen molar-refractivity contribution < 1.29 is 9.21 Å². The molecule has 2 N–H and O–H groups in total. The Kier molecular flexibility index (Phi) is 4.62. The van der Waals surface area contributed by atoms with Gasteiger partial charge in [0.05, 0.1) is 6.04 Å². The first-order valence-corrected chi connectivity index (χ1v) is 7.09. The number of nitrogens with zero attached hydrogens (tertiary/aromatic N) is 1. The third kappa shape index (κ3) is 3.62. The third-order valence-electron chi connectivity index (χ3n) is 3.29. The standard InChI is InChI=1S/C16H21N3O2/c1-5-13-8-12(9-15(17-4)19-13)16(20)18-11(3)14-7-6-10(2)21-14/h6-9,11H,5H2,1-4H3,(H,17,19)(H,18,20). The van der Waals surface area contributed by atoms with Crippen molar-refractivity contribution in [2.75, 3.05) is 12.4 Å². The van der Waals surface area contributed by atoms with Crippen LogP contribution in [0.15, 0.2) is 28.7 Å². The quantitative estimate of drug-likeness (QED) is 0.887. The molecule has 112 valence electrons. The topological polar surface area (TPSA) is 67.2 Å². The van der Waals surface area contributed by atoms with Gasteiger partial charge in [-0.05, 0) is 44.5 Å². The zero-order valence-electron chi connectivity index (χ0n) is 12.9. The van der Waals surface area contributed by atoms with Gasteiger partial charge in [-0.1, -0.05) is 6.92 Å². The maximum Gasteiger partial charge on any atom is 0.252 e. The summed E-state index contributed by atoms with van der Waals surface area (Å²) in [6.07, 6.45) is 0.780. The molecule has 0 spiro atoms. The number of rotatable bonds is 5. The second-order valence-corrected chi connectivity index (χ2v) is 4.98. The molecule has 2 aromatic rings. The van der Waals surface area contributed by atoms with Gasteiger partial charge in [-0.2, -0.15) is 0 Å². The number of hydrogen-bond acceptors (Lipinski definition) is 4. The molecule has 1 unspecified atom stereocenters. The molecule has 0 aliphatic carbocycles. The normalized spacial score (nSPS) is 12.0. The molecule has 0 saturated heterocycles. The van der Waals surface area contributed by atoms with Crippen molar-refractivity contribution in [2.45, 2.75) is 33.2 Å². The summed E-state index contributed by atoms with van der Waals surface area (Å²) >= 11 is 0. The summed E-state index contributed by atoms with van der Waals surface area (Å²) in [5.74, 6) is 2.14. The van der Waals surface area contributed by atoms with Crippen molar-refractivity contribution in [1.29, 1.82) is 0 Å². The van der Waals surface area contributed by atoms with E-state index in [9.17, 15) is 4.79 Å². The zero-order chi connectivity index (χ0) is 15.4. The molecule has 0 aromatic carbocycles. The molecule has 0 fully saturated rings. The number of hydrogen-bond donors (Lipinski definition) is 2. The second-order valence-electron chi connectivity index (χ2n) is 4.98. The van der Waals surface area contributed by atoms with Gasteiger partial charge < -0.3 is 15.1 Å².